The zero-order valence-corrected chi connectivity index (χ0v) is 15.5. The third kappa shape index (κ3) is 4.88. The lowest BCUT2D eigenvalue weighted by Gasteiger charge is -2.19. The first kappa shape index (κ1) is 18.5. The van der Waals surface area contributed by atoms with Crippen molar-refractivity contribution in [1.29, 1.82) is 0 Å². The van der Waals surface area contributed by atoms with Crippen LogP contribution in [0.1, 0.15) is 36.8 Å². The predicted molar refractivity (Wildman–Crippen MR) is 105 cm³/mol. The van der Waals surface area contributed by atoms with Gasteiger partial charge in [0.05, 0.1) is 0 Å². The topological polar surface area (TPSA) is 66.9 Å². The molecule has 0 aliphatic heterocycles. The van der Waals surface area contributed by atoms with Gasteiger partial charge in [0.15, 0.2) is 0 Å². The minimum atomic E-state index is -0.393. The molecule has 0 saturated heterocycles. The number of hydrogen-bond acceptors (Lipinski definition) is 4. The number of rotatable bonds is 4. The molecule has 1 amide bonds. The highest BCUT2D eigenvalue weighted by molar-refractivity contribution is 6.02. The van der Waals surface area contributed by atoms with Crippen molar-refractivity contribution in [3.8, 4) is 0 Å². The first-order valence-electron chi connectivity index (χ1n) is 8.59. The molecule has 0 atom stereocenters. The van der Waals surface area contributed by atoms with Gasteiger partial charge >= 0.3 is 0 Å². The van der Waals surface area contributed by atoms with Crippen molar-refractivity contribution in [2.45, 2.75) is 26.2 Å². The summed E-state index contributed by atoms with van der Waals surface area (Å²) in [5, 5.41) is 5.77. The summed E-state index contributed by atoms with van der Waals surface area (Å²) in [7, 11) is 0. The highest BCUT2D eigenvalue weighted by Gasteiger charge is 2.13. The summed E-state index contributed by atoms with van der Waals surface area (Å²) < 4.78 is 13.0. The standard InChI is InChI=1S/C21H21FN4O/c1-21(2,3)14-4-8-17(9-5-14)25-20-23-13-12-18(26-20)19(27)24-16-10-6-15(22)7-11-16/h4-13H,1-3H3,(H,24,27)(H,23,25,26). The van der Waals surface area contributed by atoms with Gasteiger partial charge in [-0.2, -0.15) is 0 Å². The normalized spacial score (nSPS) is 11.1. The third-order valence-corrected chi connectivity index (χ3v) is 4.00. The number of benzene rings is 2. The van der Waals surface area contributed by atoms with Crippen LogP contribution in [0.4, 0.5) is 21.7 Å². The maximum atomic E-state index is 13.0. The quantitative estimate of drug-likeness (QED) is 0.690. The van der Waals surface area contributed by atoms with Crippen LogP contribution in [-0.2, 0) is 5.41 Å². The van der Waals surface area contributed by atoms with Gasteiger partial charge in [0.25, 0.3) is 5.91 Å². The van der Waals surface area contributed by atoms with Gasteiger partial charge in [-0.1, -0.05) is 32.9 Å². The van der Waals surface area contributed by atoms with Gasteiger partial charge in [-0.05, 0) is 53.4 Å². The van der Waals surface area contributed by atoms with Crippen molar-refractivity contribution in [2.75, 3.05) is 10.6 Å². The minimum Gasteiger partial charge on any atom is -0.324 e. The molecule has 0 saturated carbocycles. The van der Waals surface area contributed by atoms with E-state index >= 15 is 0 Å². The smallest absolute Gasteiger partial charge is 0.274 e. The molecule has 2 aromatic carbocycles. The molecule has 2 N–H and O–H groups in total. The van der Waals surface area contributed by atoms with Crippen LogP contribution < -0.4 is 10.6 Å². The third-order valence-electron chi connectivity index (χ3n) is 4.00. The second-order valence-electron chi connectivity index (χ2n) is 7.18. The maximum absolute atomic E-state index is 13.0. The Kier molecular flexibility index (Phi) is 5.16. The Morgan fingerprint density at radius 2 is 1.56 bits per heavy atom. The monoisotopic (exact) mass is 364 g/mol. The van der Waals surface area contributed by atoms with Crippen LogP contribution in [-0.4, -0.2) is 15.9 Å². The molecule has 0 spiro atoms. The Balaban J connectivity index is 1.71. The first-order valence-corrected chi connectivity index (χ1v) is 8.59. The van der Waals surface area contributed by atoms with Crippen molar-refractivity contribution in [2.24, 2.45) is 0 Å². The number of nitrogens with one attached hydrogen (secondary N) is 2. The Hall–Kier alpha value is -3.28. The van der Waals surface area contributed by atoms with Gasteiger partial charge in [-0.25, -0.2) is 14.4 Å². The number of carbonyl (C=O) groups is 1. The molecule has 0 fully saturated rings. The van der Waals surface area contributed by atoms with Gasteiger partial charge in [-0.15, -0.1) is 0 Å². The van der Waals surface area contributed by atoms with E-state index in [-0.39, 0.29) is 16.9 Å². The number of amides is 1. The molecule has 27 heavy (non-hydrogen) atoms. The molecule has 3 aromatic rings. The fraction of sp³-hybridized carbons (Fsp3) is 0.190. The molecule has 3 rings (SSSR count). The first-order chi connectivity index (χ1) is 12.8. The number of anilines is 3. The molecule has 0 aliphatic rings. The summed E-state index contributed by atoms with van der Waals surface area (Å²) in [5.74, 6) is -0.431. The summed E-state index contributed by atoms with van der Waals surface area (Å²) in [4.78, 5) is 20.7. The van der Waals surface area contributed by atoms with Crippen molar-refractivity contribution in [1.82, 2.24) is 9.97 Å². The molecular formula is C21H21FN4O. The van der Waals surface area contributed by atoms with Crippen LogP contribution in [0.3, 0.4) is 0 Å². The number of carbonyl (C=O) groups excluding carboxylic acids is 1. The number of nitrogens with zero attached hydrogens (tertiary/aromatic N) is 2. The van der Waals surface area contributed by atoms with E-state index in [1.807, 2.05) is 24.3 Å². The number of hydrogen-bond donors (Lipinski definition) is 2. The molecule has 1 heterocycles. The summed E-state index contributed by atoms with van der Waals surface area (Å²) in [6.07, 6.45) is 1.51. The van der Waals surface area contributed by atoms with Gasteiger partial charge in [-0.3, -0.25) is 4.79 Å². The molecule has 138 valence electrons. The van der Waals surface area contributed by atoms with E-state index in [0.29, 0.717) is 11.6 Å². The molecule has 0 bridgehead atoms. The number of halogens is 1. The Labute approximate surface area is 157 Å². The molecule has 0 unspecified atom stereocenters. The van der Waals surface area contributed by atoms with Crippen molar-refractivity contribution in [3.05, 3.63) is 77.9 Å². The van der Waals surface area contributed by atoms with Crippen LogP contribution in [0.2, 0.25) is 0 Å². The van der Waals surface area contributed by atoms with E-state index in [4.69, 9.17) is 0 Å². The molecule has 6 heteroatoms. The fourth-order valence-electron chi connectivity index (χ4n) is 2.46. The largest absolute Gasteiger partial charge is 0.324 e. The second-order valence-corrected chi connectivity index (χ2v) is 7.18. The lowest BCUT2D eigenvalue weighted by atomic mass is 9.87. The summed E-state index contributed by atoms with van der Waals surface area (Å²) in [6, 6.07) is 15.1. The summed E-state index contributed by atoms with van der Waals surface area (Å²) >= 11 is 0. The predicted octanol–water partition coefficient (Wildman–Crippen LogP) is 4.91. The van der Waals surface area contributed by atoms with Gasteiger partial charge in [0, 0.05) is 17.6 Å². The second kappa shape index (κ2) is 7.53. The molecule has 5 nitrogen and oxygen atoms in total. The van der Waals surface area contributed by atoms with E-state index in [0.717, 1.165) is 5.69 Å². The highest BCUT2D eigenvalue weighted by atomic mass is 19.1. The van der Waals surface area contributed by atoms with E-state index in [2.05, 4.69) is 41.4 Å². The van der Waals surface area contributed by atoms with E-state index in [9.17, 15) is 9.18 Å². The molecular weight excluding hydrogens is 343 g/mol. The Bertz CT molecular complexity index is 932. The highest BCUT2D eigenvalue weighted by Crippen LogP contribution is 2.24. The van der Waals surface area contributed by atoms with Crippen LogP contribution in [0.5, 0.6) is 0 Å². The van der Waals surface area contributed by atoms with Crippen molar-refractivity contribution >= 4 is 23.2 Å². The zero-order chi connectivity index (χ0) is 19.4. The van der Waals surface area contributed by atoms with Crippen molar-refractivity contribution in [3.63, 3.8) is 0 Å². The van der Waals surface area contributed by atoms with E-state index in [1.54, 1.807) is 0 Å². The average molecular weight is 364 g/mol. The van der Waals surface area contributed by atoms with Crippen LogP contribution >= 0.6 is 0 Å². The van der Waals surface area contributed by atoms with Gasteiger partial charge in [0.2, 0.25) is 5.95 Å². The van der Waals surface area contributed by atoms with Gasteiger partial charge < -0.3 is 10.6 Å². The summed E-state index contributed by atoms with van der Waals surface area (Å²) in [6.45, 7) is 6.46. The lowest BCUT2D eigenvalue weighted by Crippen LogP contribution is -2.14. The van der Waals surface area contributed by atoms with Crippen LogP contribution in [0.15, 0.2) is 60.8 Å². The van der Waals surface area contributed by atoms with Crippen LogP contribution in [0.25, 0.3) is 0 Å². The fourth-order valence-corrected chi connectivity index (χ4v) is 2.46. The van der Waals surface area contributed by atoms with E-state index in [1.165, 1.54) is 42.1 Å². The van der Waals surface area contributed by atoms with E-state index < -0.39 is 5.91 Å². The van der Waals surface area contributed by atoms with Gasteiger partial charge in [0.1, 0.15) is 11.5 Å². The lowest BCUT2D eigenvalue weighted by molar-refractivity contribution is 0.102. The van der Waals surface area contributed by atoms with Crippen molar-refractivity contribution < 1.29 is 9.18 Å². The minimum absolute atomic E-state index is 0.0768. The number of aromatic nitrogens is 2. The summed E-state index contributed by atoms with van der Waals surface area (Å²) in [5.41, 5.74) is 2.84. The zero-order valence-electron chi connectivity index (χ0n) is 15.5. The molecule has 0 aliphatic carbocycles. The molecule has 0 radical (unpaired) electrons. The average Bonchev–Trinajstić information content (AvgIpc) is 2.63. The Morgan fingerprint density at radius 3 is 2.19 bits per heavy atom. The van der Waals surface area contributed by atoms with Crippen LogP contribution in [0, 0.1) is 5.82 Å². The molecule has 1 aromatic heterocycles. The maximum Gasteiger partial charge on any atom is 0.274 e. The Morgan fingerprint density at radius 1 is 0.926 bits per heavy atom. The SMILES string of the molecule is CC(C)(C)c1ccc(Nc2nccc(C(=O)Nc3ccc(F)cc3)n2)cc1.